The van der Waals surface area contributed by atoms with Gasteiger partial charge in [-0.25, -0.2) is 0 Å². The molecule has 0 aliphatic carbocycles. The maximum atomic E-state index is 10.8. The molecule has 0 amide bonds. The second-order valence-corrected chi connectivity index (χ2v) is 4.01. The molecule has 1 atom stereocenters. The Morgan fingerprint density at radius 3 is 2.81 bits per heavy atom. The minimum atomic E-state index is -1.36. The molecule has 88 valence electrons. The van der Waals surface area contributed by atoms with Crippen LogP contribution in [-0.2, 0) is 11.2 Å². The zero-order valence-electron chi connectivity index (χ0n) is 9.56. The number of hydrogen-bond acceptors (Lipinski definition) is 3. The van der Waals surface area contributed by atoms with Gasteiger partial charge in [0.25, 0.3) is 0 Å². The Balaban J connectivity index is 2.64. The summed E-state index contributed by atoms with van der Waals surface area (Å²) in [6, 6.07) is 7.55. The first-order valence-electron chi connectivity index (χ1n) is 5.19. The zero-order valence-corrected chi connectivity index (χ0v) is 9.56. The number of carbonyl (C=O) groups is 1. The lowest BCUT2D eigenvalue weighted by atomic mass is 10.1. The van der Waals surface area contributed by atoms with Crippen molar-refractivity contribution in [1.82, 2.24) is 0 Å². The van der Waals surface area contributed by atoms with Crippen molar-refractivity contribution in [2.45, 2.75) is 25.8 Å². The summed E-state index contributed by atoms with van der Waals surface area (Å²) < 4.78 is 5.37. The van der Waals surface area contributed by atoms with E-state index in [4.69, 9.17) is 15.6 Å². The SMILES string of the molecule is CCc1cccc(OCC(C)(N)C(=O)O)c1. The molecular formula is C12H17NO3. The van der Waals surface area contributed by atoms with Crippen LogP contribution in [0.2, 0.25) is 0 Å². The van der Waals surface area contributed by atoms with E-state index in [-0.39, 0.29) is 6.61 Å². The maximum absolute atomic E-state index is 10.8. The van der Waals surface area contributed by atoms with Gasteiger partial charge < -0.3 is 15.6 Å². The highest BCUT2D eigenvalue weighted by Crippen LogP contribution is 2.15. The predicted octanol–water partition coefficient (Wildman–Crippen LogP) is 1.43. The van der Waals surface area contributed by atoms with E-state index >= 15 is 0 Å². The Bertz CT molecular complexity index is 374. The van der Waals surface area contributed by atoms with E-state index in [1.165, 1.54) is 6.92 Å². The molecule has 0 bridgehead atoms. The van der Waals surface area contributed by atoms with E-state index in [0.717, 1.165) is 12.0 Å². The molecule has 3 N–H and O–H groups in total. The third kappa shape index (κ3) is 3.24. The first kappa shape index (κ1) is 12.5. The molecule has 1 aromatic carbocycles. The van der Waals surface area contributed by atoms with E-state index in [1.54, 1.807) is 6.07 Å². The molecular weight excluding hydrogens is 206 g/mol. The molecule has 0 aliphatic heterocycles. The molecule has 0 spiro atoms. The Morgan fingerprint density at radius 2 is 2.25 bits per heavy atom. The van der Waals surface area contributed by atoms with Gasteiger partial charge in [0.1, 0.15) is 17.9 Å². The van der Waals surface area contributed by atoms with Gasteiger partial charge in [-0.15, -0.1) is 0 Å². The van der Waals surface area contributed by atoms with Crippen molar-refractivity contribution in [3.63, 3.8) is 0 Å². The van der Waals surface area contributed by atoms with Crippen LogP contribution in [0.15, 0.2) is 24.3 Å². The number of carboxylic acids is 1. The fourth-order valence-electron chi connectivity index (χ4n) is 1.15. The third-order valence-corrected chi connectivity index (χ3v) is 2.33. The second-order valence-electron chi connectivity index (χ2n) is 4.01. The number of hydrogen-bond donors (Lipinski definition) is 2. The fraction of sp³-hybridized carbons (Fsp3) is 0.417. The number of carboxylic acid groups (broad SMARTS) is 1. The van der Waals surface area contributed by atoms with Crippen LogP contribution in [-0.4, -0.2) is 23.2 Å². The minimum absolute atomic E-state index is 0.0461. The monoisotopic (exact) mass is 223 g/mol. The minimum Gasteiger partial charge on any atom is -0.491 e. The smallest absolute Gasteiger partial charge is 0.326 e. The van der Waals surface area contributed by atoms with Crippen LogP contribution in [0.1, 0.15) is 19.4 Å². The van der Waals surface area contributed by atoms with Gasteiger partial charge in [-0.3, -0.25) is 4.79 Å². The van der Waals surface area contributed by atoms with Gasteiger partial charge in [-0.2, -0.15) is 0 Å². The number of nitrogens with two attached hydrogens (primary N) is 1. The summed E-state index contributed by atoms with van der Waals surface area (Å²) in [5.41, 5.74) is 5.34. The van der Waals surface area contributed by atoms with Crippen molar-refractivity contribution < 1.29 is 14.6 Å². The van der Waals surface area contributed by atoms with Crippen LogP contribution in [0.4, 0.5) is 0 Å². The molecule has 0 aliphatic rings. The molecule has 0 saturated carbocycles. The molecule has 4 nitrogen and oxygen atoms in total. The summed E-state index contributed by atoms with van der Waals surface area (Å²) in [5, 5.41) is 8.82. The lowest BCUT2D eigenvalue weighted by molar-refractivity contribution is -0.143. The molecule has 0 saturated heterocycles. The molecule has 1 aromatic rings. The Kier molecular flexibility index (Phi) is 3.90. The molecule has 4 heteroatoms. The van der Waals surface area contributed by atoms with Crippen LogP contribution in [0.5, 0.6) is 5.75 Å². The summed E-state index contributed by atoms with van der Waals surface area (Å²) in [5.74, 6) is -0.420. The van der Waals surface area contributed by atoms with Gasteiger partial charge in [0, 0.05) is 0 Å². The zero-order chi connectivity index (χ0) is 12.2. The van der Waals surface area contributed by atoms with Gasteiger partial charge in [-0.1, -0.05) is 19.1 Å². The number of aliphatic carboxylic acids is 1. The molecule has 1 unspecified atom stereocenters. The average Bonchev–Trinajstić information content (AvgIpc) is 2.26. The number of aryl methyl sites for hydroxylation is 1. The molecule has 1 rings (SSSR count). The lowest BCUT2D eigenvalue weighted by Crippen LogP contribution is -2.49. The van der Waals surface area contributed by atoms with Gasteiger partial charge in [-0.05, 0) is 31.0 Å². The van der Waals surface area contributed by atoms with Crippen molar-refractivity contribution in [3.8, 4) is 5.75 Å². The van der Waals surface area contributed by atoms with Crippen molar-refractivity contribution >= 4 is 5.97 Å². The van der Waals surface area contributed by atoms with E-state index < -0.39 is 11.5 Å². The maximum Gasteiger partial charge on any atom is 0.326 e. The Labute approximate surface area is 95.0 Å². The standard InChI is InChI=1S/C12H17NO3/c1-3-9-5-4-6-10(7-9)16-8-12(2,13)11(14)15/h4-7H,3,8,13H2,1-2H3,(H,14,15). The van der Waals surface area contributed by atoms with Crippen molar-refractivity contribution in [2.75, 3.05) is 6.61 Å². The van der Waals surface area contributed by atoms with Crippen LogP contribution < -0.4 is 10.5 Å². The normalized spacial score (nSPS) is 14.2. The molecule has 0 aromatic heterocycles. The van der Waals surface area contributed by atoms with Gasteiger partial charge in [0.05, 0.1) is 0 Å². The molecule has 0 radical (unpaired) electrons. The van der Waals surface area contributed by atoms with Crippen LogP contribution in [0.25, 0.3) is 0 Å². The first-order chi connectivity index (χ1) is 7.45. The van der Waals surface area contributed by atoms with Gasteiger partial charge >= 0.3 is 5.97 Å². The summed E-state index contributed by atoms with van der Waals surface area (Å²) in [7, 11) is 0. The van der Waals surface area contributed by atoms with Crippen LogP contribution in [0.3, 0.4) is 0 Å². The summed E-state index contributed by atoms with van der Waals surface area (Å²) >= 11 is 0. The number of rotatable bonds is 5. The van der Waals surface area contributed by atoms with E-state index in [0.29, 0.717) is 5.75 Å². The molecule has 0 fully saturated rings. The largest absolute Gasteiger partial charge is 0.491 e. The second kappa shape index (κ2) is 4.99. The number of benzene rings is 1. The van der Waals surface area contributed by atoms with E-state index in [1.807, 2.05) is 25.1 Å². The molecule has 0 heterocycles. The lowest BCUT2D eigenvalue weighted by Gasteiger charge is -2.19. The summed E-state index contributed by atoms with van der Waals surface area (Å²) in [6.07, 6.45) is 0.913. The highest BCUT2D eigenvalue weighted by atomic mass is 16.5. The Hall–Kier alpha value is -1.55. The van der Waals surface area contributed by atoms with Crippen LogP contribution in [0, 0.1) is 0 Å². The quantitative estimate of drug-likeness (QED) is 0.792. The summed E-state index contributed by atoms with van der Waals surface area (Å²) in [6.45, 7) is 3.43. The van der Waals surface area contributed by atoms with Gasteiger partial charge in [0.2, 0.25) is 0 Å². The van der Waals surface area contributed by atoms with E-state index in [9.17, 15) is 4.79 Å². The molecule has 16 heavy (non-hydrogen) atoms. The Morgan fingerprint density at radius 1 is 1.56 bits per heavy atom. The van der Waals surface area contributed by atoms with Crippen LogP contribution >= 0.6 is 0 Å². The third-order valence-electron chi connectivity index (χ3n) is 2.33. The topological polar surface area (TPSA) is 72.5 Å². The van der Waals surface area contributed by atoms with Crippen molar-refractivity contribution in [3.05, 3.63) is 29.8 Å². The van der Waals surface area contributed by atoms with Crippen molar-refractivity contribution in [2.24, 2.45) is 5.73 Å². The van der Waals surface area contributed by atoms with E-state index in [2.05, 4.69) is 0 Å². The highest BCUT2D eigenvalue weighted by molar-refractivity contribution is 5.78. The number of ether oxygens (including phenoxy) is 1. The van der Waals surface area contributed by atoms with Crippen molar-refractivity contribution in [1.29, 1.82) is 0 Å². The van der Waals surface area contributed by atoms with Gasteiger partial charge in [0.15, 0.2) is 0 Å². The fourth-order valence-corrected chi connectivity index (χ4v) is 1.15. The highest BCUT2D eigenvalue weighted by Gasteiger charge is 2.28. The summed E-state index contributed by atoms with van der Waals surface area (Å²) in [4.78, 5) is 10.8. The predicted molar refractivity (Wildman–Crippen MR) is 61.5 cm³/mol. The average molecular weight is 223 g/mol. The first-order valence-corrected chi connectivity index (χ1v) is 5.19.